The molecule has 0 saturated carbocycles. The summed E-state index contributed by atoms with van der Waals surface area (Å²) in [5.41, 5.74) is 2.04. The monoisotopic (exact) mass is 348 g/mol. The van der Waals surface area contributed by atoms with Gasteiger partial charge in [0, 0.05) is 6.42 Å². The second kappa shape index (κ2) is 7.35. The number of carboxylic acid groups (broad SMARTS) is 1. The maximum atomic E-state index is 12.9. The predicted octanol–water partition coefficient (Wildman–Crippen LogP) is 2.13. The van der Waals surface area contributed by atoms with Gasteiger partial charge in [-0.25, -0.2) is 0 Å². The van der Waals surface area contributed by atoms with E-state index in [4.69, 9.17) is 0 Å². The Balaban J connectivity index is 1.86. The van der Waals surface area contributed by atoms with Crippen LogP contribution in [0.15, 0.2) is 60.7 Å². The van der Waals surface area contributed by atoms with Gasteiger partial charge in [-0.05, 0) is 35.3 Å². The van der Waals surface area contributed by atoms with Crippen LogP contribution in [0, 0.1) is 5.92 Å². The number of hydrogen-bond donors (Lipinski definition) is 0. The lowest BCUT2D eigenvalue weighted by molar-refractivity contribution is -0.297. The number of benzene rings is 2. The van der Waals surface area contributed by atoms with E-state index in [1.807, 2.05) is 37.3 Å². The highest BCUT2D eigenvalue weighted by Gasteiger charge is 2.42. The number of hydrogen-bond acceptors (Lipinski definition) is 4. The van der Waals surface area contributed by atoms with Crippen LogP contribution in [0.25, 0.3) is 6.08 Å². The first-order valence-corrected chi connectivity index (χ1v) is 8.38. The van der Waals surface area contributed by atoms with Gasteiger partial charge in [-0.3, -0.25) is 14.5 Å². The van der Waals surface area contributed by atoms with Crippen molar-refractivity contribution in [3.05, 3.63) is 71.8 Å². The Morgan fingerprint density at radius 3 is 2.58 bits per heavy atom. The molecule has 2 aromatic rings. The zero-order chi connectivity index (χ0) is 18.7. The molecule has 0 aromatic heterocycles. The number of anilines is 1. The Kier molecular flexibility index (Phi) is 4.98. The molecule has 0 unspecified atom stereocenters. The van der Waals surface area contributed by atoms with Gasteiger partial charge < -0.3 is 9.90 Å². The molecule has 5 heteroatoms. The summed E-state index contributed by atoms with van der Waals surface area (Å²) in [6, 6.07) is 16.3. The zero-order valence-corrected chi connectivity index (χ0v) is 14.3. The van der Waals surface area contributed by atoms with E-state index in [2.05, 4.69) is 0 Å². The highest BCUT2D eigenvalue weighted by atomic mass is 16.4. The molecule has 0 spiro atoms. The van der Waals surface area contributed by atoms with Crippen LogP contribution in [0.3, 0.4) is 0 Å². The van der Waals surface area contributed by atoms with E-state index in [1.54, 1.807) is 24.3 Å². The SMILES string of the molecule is C[C@@H](c1ccccc1)[C@H]1CC(=O)N(c2cccc(/C=C/C(=O)[O-])c2)C1=O. The maximum Gasteiger partial charge on any atom is 0.237 e. The average Bonchev–Trinajstić information content (AvgIpc) is 2.94. The first-order chi connectivity index (χ1) is 12.5. The van der Waals surface area contributed by atoms with Crippen LogP contribution in [-0.2, 0) is 14.4 Å². The van der Waals surface area contributed by atoms with Crippen LogP contribution in [-0.4, -0.2) is 17.8 Å². The lowest BCUT2D eigenvalue weighted by Gasteiger charge is -2.19. The molecule has 0 aliphatic carbocycles. The van der Waals surface area contributed by atoms with Crippen LogP contribution in [0.2, 0.25) is 0 Å². The molecule has 1 heterocycles. The van der Waals surface area contributed by atoms with Crippen molar-refractivity contribution in [2.45, 2.75) is 19.3 Å². The Morgan fingerprint density at radius 1 is 1.15 bits per heavy atom. The number of carbonyl (C=O) groups excluding carboxylic acids is 3. The first kappa shape index (κ1) is 17.6. The summed E-state index contributed by atoms with van der Waals surface area (Å²) in [6.07, 6.45) is 2.44. The number of nitrogens with zero attached hydrogens (tertiary/aromatic N) is 1. The molecule has 2 amide bonds. The second-order valence-corrected chi connectivity index (χ2v) is 6.32. The summed E-state index contributed by atoms with van der Waals surface area (Å²) < 4.78 is 0. The molecule has 2 aromatic carbocycles. The third-order valence-corrected chi connectivity index (χ3v) is 4.65. The van der Waals surface area contributed by atoms with E-state index in [9.17, 15) is 19.5 Å². The zero-order valence-electron chi connectivity index (χ0n) is 14.3. The quantitative estimate of drug-likeness (QED) is 0.613. The fourth-order valence-corrected chi connectivity index (χ4v) is 3.24. The van der Waals surface area contributed by atoms with E-state index in [-0.39, 0.29) is 24.2 Å². The van der Waals surface area contributed by atoms with Gasteiger partial charge >= 0.3 is 0 Å². The smallest absolute Gasteiger partial charge is 0.237 e. The van der Waals surface area contributed by atoms with Crippen molar-refractivity contribution in [3.8, 4) is 0 Å². The molecule has 0 bridgehead atoms. The summed E-state index contributed by atoms with van der Waals surface area (Å²) in [4.78, 5) is 37.1. The summed E-state index contributed by atoms with van der Waals surface area (Å²) >= 11 is 0. The van der Waals surface area contributed by atoms with Crippen molar-refractivity contribution in [1.82, 2.24) is 0 Å². The van der Waals surface area contributed by atoms with Crippen molar-refractivity contribution in [1.29, 1.82) is 0 Å². The van der Waals surface area contributed by atoms with E-state index >= 15 is 0 Å². The fourth-order valence-electron chi connectivity index (χ4n) is 3.24. The minimum absolute atomic E-state index is 0.0705. The average molecular weight is 348 g/mol. The second-order valence-electron chi connectivity index (χ2n) is 6.32. The van der Waals surface area contributed by atoms with Crippen molar-refractivity contribution >= 4 is 29.5 Å². The Hall–Kier alpha value is -3.21. The molecule has 2 atom stereocenters. The van der Waals surface area contributed by atoms with Gasteiger partial charge in [-0.15, -0.1) is 0 Å². The normalized spacial score (nSPS) is 18.5. The minimum Gasteiger partial charge on any atom is -0.545 e. The Bertz CT molecular complexity index is 873. The molecule has 1 aliphatic heterocycles. The summed E-state index contributed by atoms with van der Waals surface area (Å²) in [7, 11) is 0. The molecular formula is C21H18NO4-. The fraction of sp³-hybridized carbons (Fsp3) is 0.190. The number of aliphatic carboxylic acids is 1. The molecular weight excluding hydrogens is 330 g/mol. The minimum atomic E-state index is -1.31. The lowest BCUT2D eigenvalue weighted by Crippen LogP contribution is -2.31. The third-order valence-electron chi connectivity index (χ3n) is 4.65. The van der Waals surface area contributed by atoms with Gasteiger partial charge in [0.25, 0.3) is 0 Å². The topological polar surface area (TPSA) is 77.5 Å². The molecule has 1 aliphatic rings. The van der Waals surface area contributed by atoms with E-state index in [0.29, 0.717) is 11.3 Å². The summed E-state index contributed by atoms with van der Waals surface area (Å²) in [6.45, 7) is 1.95. The predicted molar refractivity (Wildman–Crippen MR) is 95.9 cm³/mol. The van der Waals surface area contributed by atoms with Gasteiger partial charge in [0.15, 0.2) is 0 Å². The van der Waals surface area contributed by atoms with Crippen molar-refractivity contribution in [2.24, 2.45) is 5.92 Å². The van der Waals surface area contributed by atoms with Crippen molar-refractivity contribution in [3.63, 3.8) is 0 Å². The van der Waals surface area contributed by atoms with E-state index in [0.717, 1.165) is 11.6 Å². The molecule has 5 nitrogen and oxygen atoms in total. The van der Waals surface area contributed by atoms with Crippen LogP contribution < -0.4 is 10.0 Å². The Labute approximate surface area is 151 Å². The Morgan fingerprint density at radius 2 is 1.88 bits per heavy atom. The molecule has 3 rings (SSSR count). The summed E-state index contributed by atoms with van der Waals surface area (Å²) in [5.74, 6) is -2.26. The molecule has 132 valence electrons. The van der Waals surface area contributed by atoms with Gasteiger partial charge in [-0.2, -0.15) is 0 Å². The van der Waals surface area contributed by atoms with E-state index in [1.165, 1.54) is 11.0 Å². The highest BCUT2D eigenvalue weighted by Crippen LogP contribution is 2.36. The van der Waals surface area contributed by atoms with Crippen LogP contribution >= 0.6 is 0 Å². The summed E-state index contributed by atoms with van der Waals surface area (Å²) in [5, 5.41) is 10.6. The standard InChI is InChI=1S/C21H19NO4/c1-14(16-7-3-2-4-8-16)18-13-19(23)22(21(18)26)17-9-5-6-15(12-17)10-11-20(24)25/h2-12,14,18H,13H2,1H3,(H,24,25)/p-1/b11-10+/t14-,18+/m0/s1. The maximum absolute atomic E-state index is 12.9. The van der Waals surface area contributed by atoms with Gasteiger partial charge in [0.1, 0.15) is 0 Å². The first-order valence-electron chi connectivity index (χ1n) is 8.38. The number of carbonyl (C=O) groups is 3. The molecule has 1 saturated heterocycles. The number of carboxylic acids is 1. The van der Waals surface area contributed by atoms with Crippen molar-refractivity contribution in [2.75, 3.05) is 4.90 Å². The molecule has 0 N–H and O–H groups in total. The van der Waals surface area contributed by atoms with Crippen LogP contribution in [0.5, 0.6) is 0 Å². The largest absolute Gasteiger partial charge is 0.545 e. The molecule has 1 fully saturated rings. The van der Waals surface area contributed by atoms with E-state index < -0.39 is 11.9 Å². The number of amides is 2. The number of imide groups is 1. The molecule has 26 heavy (non-hydrogen) atoms. The highest BCUT2D eigenvalue weighted by molar-refractivity contribution is 6.21. The van der Waals surface area contributed by atoms with Crippen LogP contribution in [0.1, 0.15) is 30.4 Å². The van der Waals surface area contributed by atoms with Gasteiger partial charge in [0.05, 0.1) is 17.6 Å². The third kappa shape index (κ3) is 3.57. The van der Waals surface area contributed by atoms with Crippen LogP contribution in [0.4, 0.5) is 5.69 Å². The molecule has 0 radical (unpaired) electrons. The van der Waals surface area contributed by atoms with Gasteiger partial charge in [0.2, 0.25) is 11.8 Å². The number of rotatable bonds is 5. The van der Waals surface area contributed by atoms with Crippen molar-refractivity contribution < 1.29 is 19.5 Å². The lowest BCUT2D eigenvalue weighted by atomic mass is 9.86. The van der Waals surface area contributed by atoms with Gasteiger partial charge in [-0.1, -0.05) is 55.5 Å².